The van der Waals surface area contributed by atoms with Gasteiger partial charge in [-0.2, -0.15) is 0 Å². The van der Waals surface area contributed by atoms with Crippen LogP contribution in [0.3, 0.4) is 0 Å². The van der Waals surface area contributed by atoms with E-state index in [1.165, 1.54) is 42.4 Å². The summed E-state index contributed by atoms with van der Waals surface area (Å²) in [7, 11) is 2.42. The highest BCUT2D eigenvalue weighted by molar-refractivity contribution is 5.14. The molecule has 1 heterocycles. The van der Waals surface area contributed by atoms with Crippen molar-refractivity contribution < 1.29 is 4.48 Å². The van der Waals surface area contributed by atoms with Crippen molar-refractivity contribution in [1.82, 2.24) is 0 Å². The number of benzene rings is 1. The van der Waals surface area contributed by atoms with Gasteiger partial charge in [0.25, 0.3) is 0 Å². The topological polar surface area (TPSA) is 0 Å². The summed E-state index contributed by atoms with van der Waals surface area (Å²) in [5.74, 6) is 0. The summed E-state index contributed by atoms with van der Waals surface area (Å²) in [6, 6.07) is 11.7. The van der Waals surface area contributed by atoms with Crippen LogP contribution in [0.4, 0.5) is 0 Å². The van der Waals surface area contributed by atoms with Crippen molar-refractivity contribution in [3.05, 3.63) is 35.9 Å². The van der Waals surface area contributed by atoms with E-state index in [4.69, 9.17) is 0 Å². The van der Waals surface area contributed by atoms with E-state index >= 15 is 0 Å². The van der Waals surface area contributed by atoms with Crippen LogP contribution in [-0.2, 0) is 6.42 Å². The van der Waals surface area contributed by atoms with Crippen molar-refractivity contribution in [3.63, 3.8) is 0 Å². The lowest BCUT2D eigenvalue weighted by Crippen LogP contribution is -2.47. The molecule has 1 aliphatic rings. The molecule has 1 aromatic rings. The Morgan fingerprint density at radius 1 is 1.27 bits per heavy atom. The zero-order valence-corrected chi connectivity index (χ0v) is 9.95. The maximum atomic E-state index is 2.42. The number of hydrogen-bond donors (Lipinski definition) is 0. The third-order valence-corrected chi connectivity index (χ3v) is 4.11. The molecule has 0 saturated carbocycles. The summed E-state index contributed by atoms with van der Waals surface area (Å²) >= 11 is 0. The molecule has 82 valence electrons. The molecule has 0 aromatic heterocycles. The second kappa shape index (κ2) is 4.36. The molecule has 1 nitrogen and oxygen atoms in total. The lowest BCUT2D eigenvalue weighted by atomic mass is 10.1. The summed E-state index contributed by atoms with van der Waals surface area (Å²) in [5.41, 5.74) is 1.48. The number of likely N-dealkylation sites (N-methyl/N-ethyl adjacent to an activating group) is 1. The molecular formula is C14H22N+. The van der Waals surface area contributed by atoms with Gasteiger partial charge in [-0.1, -0.05) is 30.3 Å². The lowest BCUT2D eigenvalue weighted by molar-refractivity contribution is -0.919. The Labute approximate surface area is 93.3 Å². The minimum atomic E-state index is 0.855. The van der Waals surface area contributed by atoms with Crippen LogP contribution in [0.15, 0.2) is 30.3 Å². The Morgan fingerprint density at radius 3 is 2.60 bits per heavy atom. The van der Waals surface area contributed by atoms with E-state index in [1.54, 1.807) is 0 Å². The quantitative estimate of drug-likeness (QED) is 0.664. The average molecular weight is 204 g/mol. The Morgan fingerprint density at radius 2 is 2.00 bits per heavy atom. The molecule has 0 N–H and O–H groups in total. The van der Waals surface area contributed by atoms with E-state index in [0.717, 1.165) is 6.04 Å². The Hall–Kier alpha value is -0.820. The monoisotopic (exact) mass is 204 g/mol. The van der Waals surface area contributed by atoms with Crippen LogP contribution in [-0.4, -0.2) is 30.7 Å². The first-order valence-electron chi connectivity index (χ1n) is 6.09. The van der Waals surface area contributed by atoms with Gasteiger partial charge in [0.1, 0.15) is 0 Å². The van der Waals surface area contributed by atoms with Gasteiger partial charge in [-0.25, -0.2) is 0 Å². The number of nitrogens with zero attached hydrogens (tertiary/aromatic N) is 1. The Bertz CT molecular complexity index is 306. The van der Waals surface area contributed by atoms with E-state index in [2.05, 4.69) is 44.3 Å². The highest BCUT2D eigenvalue weighted by atomic mass is 15.4. The van der Waals surface area contributed by atoms with Gasteiger partial charge in [-0.15, -0.1) is 0 Å². The van der Waals surface area contributed by atoms with E-state index in [-0.39, 0.29) is 0 Å². The van der Waals surface area contributed by atoms with Gasteiger partial charge in [0.15, 0.2) is 0 Å². The van der Waals surface area contributed by atoms with Crippen LogP contribution in [0.1, 0.15) is 25.3 Å². The van der Waals surface area contributed by atoms with Crippen molar-refractivity contribution >= 4 is 0 Å². The molecule has 2 atom stereocenters. The fourth-order valence-corrected chi connectivity index (χ4v) is 2.64. The van der Waals surface area contributed by atoms with Gasteiger partial charge in [0.05, 0.1) is 26.2 Å². The minimum absolute atomic E-state index is 0.855. The third kappa shape index (κ3) is 2.40. The molecule has 1 heteroatoms. The van der Waals surface area contributed by atoms with Gasteiger partial charge in [-0.3, -0.25) is 0 Å². The molecule has 1 fully saturated rings. The van der Waals surface area contributed by atoms with Crippen LogP contribution in [0.5, 0.6) is 0 Å². The number of hydrogen-bond acceptors (Lipinski definition) is 0. The molecule has 0 radical (unpaired) electrons. The van der Waals surface area contributed by atoms with Gasteiger partial charge in [0.2, 0.25) is 0 Å². The fraction of sp³-hybridized carbons (Fsp3) is 0.571. The molecule has 1 aliphatic heterocycles. The SMILES string of the molecule is CC1CCC[N+]1(C)CCc1ccccc1. The second-order valence-corrected chi connectivity index (χ2v) is 5.15. The standard InChI is InChI=1S/C14H22N/c1-13-7-6-11-15(13,2)12-10-14-8-4-3-5-9-14/h3-5,8-9,13H,6-7,10-12H2,1-2H3/q+1. The summed E-state index contributed by atoms with van der Waals surface area (Å²) in [4.78, 5) is 0. The number of quaternary nitrogens is 1. The highest BCUT2D eigenvalue weighted by Crippen LogP contribution is 2.24. The first-order valence-corrected chi connectivity index (χ1v) is 6.09. The first kappa shape index (κ1) is 10.7. The molecule has 0 amide bonds. The largest absolute Gasteiger partial charge is 0.324 e. The first-order chi connectivity index (χ1) is 7.21. The van der Waals surface area contributed by atoms with Gasteiger partial charge >= 0.3 is 0 Å². The maximum absolute atomic E-state index is 2.42. The maximum Gasteiger partial charge on any atom is 0.0862 e. The van der Waals surface area contributed by atoms with Crippen LogP contribution < -0.4 is 0 Å². The molecule has 1 saturated heterocycles. The van der Waals surface area contributed by atoms with Gasteiger partial charge < -0.3 is 4.48 Å². The van der Waals surface area contributed by atoms with Gasteiger partial charge in [0, 0.05) is 19.3 Å². The van der Waals surface area contributed by atoms with Crippen LogP contribution >= 0.6 is 0 Å². The predicted molar refractivity (Wildman–Crippen MR) is 64.8 cm³/mol. The molecule has 15 heavy (non-hydrogen) atoms. The van der Waals surface area contributed by atoms with E-state index < -0.39 is 0 Å². The van der Waals surface area contributed by atoms with Crippen molar-refractivity contribution in [2.45, 2.75) is 32.2 Å². The van der Waals surface area contributed by atoms with Crippen LogP contribution in [0, 0.1) is 0 Å². The summed E-state index contributed by atoms with van der Waals surface area (Å²) < 4.78 is 1.27. The predicted octanol–water partition coefficient (Wildman–Crippen LogP) is 2.86. The molecular weight excluding hydrogens is 182 g/mol. The lowest BCUT2D eigenvalue weighted by Gasteiger charge is -2.34. The fourth-order valence-electron chi connectivity index (χ4n) is 2.64. The Balaban J connectivity index is 1.93. The molecule has 0 aliphatic carbocycles. The second-order valence-electron chi connectivity index (χ2n) is 5.15. The Kier molecular flexibility index (Phi) is 3.11. The molecule has 2 rings (SSSR count). The van der Waals surface area contributed by atoms with Gasteiger partial charge in [-0.05, 0) is 12.5 Å². The average Bonchev–Trinajstić information content (AvgIpc) is 2.59. The molecule has 1 aromatic carbocycles. The zero-order chi connectivity index (χ0) is 10.7. The zero-order valence-electron chi connectivity index (χ0n) is 9.95. The number of rotatable bonds is 3. The van der Waals surface area contributed by atoms with Crippen LogP contribution in [0.25, 0.3) is 0 Å². The number of likely N-dealkylation sites (tertiary alicyclic amines) is 1. The molecule has 0 bridgehead atoms. The van der Waals surface area contributed by atoms with Crippen molar-refractivity contribution in [3.8, 4) is 0 Å². The van der Waals surface area contributed by atoms with E-state index in [0.29, 0.717) is 0 Å². The molecule has 2 unspecified atom stereocenters. The van der Waals surface area contributed by atoms with E-state index in [9.17, 15) is 0 Å². The smallest absolute Gasteiger partial charge is 0.0862 e. The van der Waals surface area contributed by atoms with E-state index in [1.807, 2.05) is 0 Å². The minimum Gasteiger partial charge on any atom is -0.324 e. The summed E-state index contributed by atoms with van der Waals surface area (Å²) in [5, 5.41) is 0. The molecule has 0 spiro atoms. The van der Waals surface area contributed by atoms with Crippen molar-refractivity contribution in [2.24, 2.45) is 0 Å². The highest BCUT2D eigenvalue weighted by Gasteiger charge is 2.33. The van der Waals surface area contributed by atoms with Crippen LogP contribution in [0.2, 0.25) is 0 Å². The third-order valence-electron chi connectivity index (χ3n) is 4.11. The van der Waals surface area contributed by atoms with Crippen molar-refractivity contribution in [2.75, 3.05) is 20.1 Å². The van der Waals surface area contributed by atoms with Crippen molar-refractivity contribution in [1.29, 1.82) is 0 Å². The normalized spacial score (nSPS) is 30.7. The summed E-state index contributed by atoms with van der Waals surface area (Å²) in [6.45, 7) is 5.07. The summed E-state index contributed by atoms with van der Waals surface area (Å²) in [6.07, 6.45) is 4.04.